The lowest BCUT2D eigenvalue weighted by molar-refractivity contribution is -0.274. The number of halogens is 3. The zero-order chi connectivity index (χ0) is 24.2. The molecule has 35 heavy (non-hydrogen) atoms. The van der Waals surface area contributed by atoms with Crippen molar-refractivity contribution in [2.24, 2.45) is 11.3 Å². The summed E-state index contributed by atoms with van der Waals surface area (Å²) >= 11 is 0. The summed E-state index contributed by atoms with van der Waals surface area (Å²) in [6.07, 6.45) is 1.26. The maximum Gasteiger partial charge on any atom is 0.573 e. The van der Waals surface area contributed by atoms with Crippen LogP contribution in [0.1, 0.15) is 49.3 Å². The van der Waals surface area contributed by atoms with Crippen molar-refractivity contribution in [1.82, 2.24) is 10.2 Å². The molecule has 3 saturated heterocycles. The number of ether oxygens (including phenoxy) is 2. The van der Waals surface area contributed by atoms with Gasteiger partial charge in [-0.15, -0.1) is 13.2 Å². The maximum absolute atomic E-state index is 13.0. The summed E-state index contributed by atoms with van der Waals surface area (Å²) in [7, 11) is 0. The average Bonchev–Trinajstić information content (AvgIpc) is 3.61. The second-order valence-corrected chi connectivity index (χ2v) is 10.5. The van der Waals surface area contributed by atoms with Gasteiger partial charge in [0, 0.05) is 6.54 Å². The highest BCUT2D eigenvalue weighted by atomic mass is 19.4. The minimum absolute atomic E-state index is 0.0256. The van der Waals surface area contributed by atoms with Crippen LogP contribution in [0.5, 0.6) is 5.75 Å². The number of fused-ring (bicyclic) bond motifs is 4. The molecule has 186 valence electrons. The Labute approximate surface area is 202 Å². The Hall–Kier alpha value is -2.74. The molecule has 2 aromatic carbocycles. The number of carbonyl (C=O) groups is 1. The number of nitrogens with zero attached hydrogens (tertiary/aromatic N) is 1. The van der Waals surface area contributed by atoms with E-state index < -0.39 is 6.36 Å². The van der Waals surface area contributed by atoms with E-state index in [1.165, 1.54) is 17.7 Å². The van der Waals surface area contributed by atoms with E-state index in [-0.39, 0.29) is 29.4 Å². The van der Waals surface area contributed by atoms with Crippen molar-refractivity contribution in [2.75, 3.05) is 19.6 Å². The number of hydrogen-bond donors (Lipinski definition) is 1. The summed E-state index contributed by atoms with van der Waals surface area (Å²) in [6.45, 7) is 3.04. The number of alkyl carbamates (subject to hydrolysis) is 1. The largest absolute Gasteiger partial charge is 0.573 e. The number of alkyl halides is 3. The molecule has 3 heterocycles. The molecule has 1 amide bonds. The van der Waals surface area contributed by atoms with E-state index in [0.29, 0.717) is 5.92 Å². The molecule has 1 N–H and O–H groups in total. The highest BCUT2D eigenvalue weighted by Gasteiger charge is 2.53. The third-order valence-corrected chi connectivity index (χ3v) is 8.39. The van der Waals surface area contributed by atoms with Gasteiger partial charge >= 0.3 is 12.5 Å². The SMILES string of the molecule is O=C(NC1c2ccc(-c3ccc(OC(F)(F)F)cc3)cc2CCC12CC2)O[C@H]1CN2CCC1CC2. The lowest BCUT2D eigenvalue weighted by atomic mass is 9.76. The summed E-state index contributed by atoms with van der Waals surface area (Å²) < 4.78 is 47.3. The molecular weight excluding hydrogens is 457 g/mol. The van der Waals surface area contributed by atoms with Gasteiger partial charge in [0.2, 0.25) is 0 Å². The van der Waals surface area contributed by atoms with Gasteiger partial charge in [0.25, 0.3) is 0 Å². The molecule has 5 aliphatic rings. The molecule has 1 saturated carbocycles. The van der Waals surface area contributed by atoms with Gasteiger partial charge in [0.05, 0.1) is 6.04 Å². The quantitative estimate of drug-likeness (QED) is 0.590. The first-order valence-corrected chi connectivity index (χ1v) is 12.5. The van der Waals surface area contributed by atoms with Gasteiger partial charge in [0.15, 0.2) is 0 Å². The van der Waals surface area contributed by atoms with Crippen LogP contribution in [0.4, 0.5) is 18.0 Å². The fraction of sp³-hybridized carbons (Fsp3) is 0.519. The summed E-state index contributed by atoms with van der Waals surface area (Å²) in [6, 6.07) is 12.0. The van der Waals surface area contributed by atoms with Crippen molar-refractivity contribution in [3.05, 3.63) is 53.6 Å². The molecule has 2 aromatic rings. The molecule has 5 nitrogen and oxygen atoms in total. The predicted octanol–water partition coefficient (Wildman–Crippen LogP) is 5.84. The summed E-state index contributed by atoms with van der Waals surface area (Å²) in [5.74, 6) is 0.232. The number of piperidine rings is 3. The van der Waals surface area contributed by atoms with Crippen LogP contribution in [0.2, 0.25) is 0 Å². The fourth-order valence-electron chi connectivity index (χ4n) is 6.25. The molecule has 1 unspecified atom stereocenters. The lowest BCUT2D eigenvalue weighted by Crippen LogP contribution is -2.53. The van der Waals surface area contributed by atoms with Gasteiger partial charge in [-0.1, -0.05) is 30.3 Å². The van der Waals surface area contributed by atoms with Crippen molar-refractivity contribution in [2.45, 2.75) is 57.0 Å². The number of benzene rings is 2. The molecule has 7 rings (SSSR count). The van der Waals surface area contributed by atoms with Crippen molar-refractivity contribution in [1.29, 1.82) is 0 Å². The number of hydrogen-bond acceptors (Lipinski definition) is 4. The van der Waals surface area contributed by atoms with E-state index in [2.05, 4.69) is 27.1 Å². The summed E-state index contributed by atoms with van der Waals surface area (Å²) in [4.78, 5) is 15.3. The van der Waals surface area contributed by atoms with Gasteiger partial charge in [-0.2, -0.15) is 0 Å². The van der Waals surface area contributed by atoms with Crippen LogP contribution in [-0.2, 0) is 11.2 Å². The molecule has 0 radical (unpaired) electrons. The van der Waals surface area contributed by atoms with Gasteiger partial charge in [-0.3, -0.25) is 4.90 Å². The Morgan fingerprint density at radius 3 is 2.34 bits per heavy atom. The molecule has 4 fully saturated rings. The predicted molar refractivity (Wildman–Crippen MR) is 124 cm³/mol. The first-order valence-electron chi connectivity index (χ1n) is 12.5. The molecule has 2 aliphatic carbocycles. The van der Waals surface area contributed by atoms with Crippen molar-refractivity contribution in [3.63, 3.8) is 0 Å². The Kier molecular flexibility index (Phi) is 5.47. The summed E-state index contributed by atoms with van der Waals surface area (Å²) in [5.41, 5.74) is 4.16. The number of amides is 1. The monoisotopic (exact) mass is 486 g/mol. The number of nitrogens with one attached hydrogen (secondary N) is 1. The fourth-order valence-corrected chi connectivity index (χ4v) is 6.25. The standard InChI is InChI=1S/C27H29F3N2O3/c28-27(29,30)35-21-4-1-17(2-5-21)19-3-6-22-20(15-19)7-10-26(11-12-26)24(22)31-25(33)34-23-16-32-13-8-18(23)9-14-32/h1-6,15,18,23-24H,7-14,16H2,(H,31,33)/t23-,24?/m0/s1. The smallest absolute Gasteiger partial charge is 0.445 e. The zero-order valence-corrected chi connectivity index (χ0v) is 19.4. The second-order valence-electron chi connectivity index (χ2n) is 10.5. The second kappa shape index (κ2) is 8.43. The van der Waals surface area contributed by atoms with Crippen molar-refractivity contribution >= 4 is 6.09 Å². The van der Waals surface area contributed by atoms with E-state index in [4.69, 9.17) is 4.74 Å². The van der Waals surface area contributed by atoms with Crippen LogP contribution < -0.4 is 10.1 Å². The van der Waals surface area contributed by atoms with Crippen molar-refractivity contribution < 1.29 is 27.4 Å². The van der Waals surface area contributed by atoms with Crippen LogP contribution in [0.25, 0.3) is 11.1 Å². The minimum Gasteiger partial charge on any atom is -0.445 e. The molecule has 8 heteroatoms. The highest BCUT2D eigenvalue weighted by Crippen LogP contribution is 2.61. The van der Waals surface area contributed by atoms with Gasteiger partial charge < -0.3 is 14.8 Å². The zero-order valence-electron chi connectivity index (χ0n) is 19.4. The molecule has 1 spiro atoms. The Morgan fingerprint density at radius 1 is 1.00 bits per heavy atom. The molecule has 3 aliphatic heterocycles. The Bertz CT molecular complexity index is 1110. The molecule has 2 atom stereocenters. The van der Waals surface area contributed by atoms with Crippen molar-refractivity contribution in [3.8, 4) is 16.9 Å². The van der Waals surface area contributed by atoms with Crippen LogP contribution in [0.3, 0.4) is 0 Å². The minimum atomic E-state index is -4.70. The Balaban J connectivity index is 1.18. The van der Waals surface area contributed by atoms with E-state index in [1.807, 2.05) is 6.07 Å². The highest BCUT2D eigenvalue weighted by molar-refractivity contribution is 5.70. The normalized spacial score (nSPS) is 28.3. The molecule has 2 bridgehead atoms. The molecule has 0 aromatic heterocycles. The van der Waals surface area contributed by atoms with Crippen LogP contribution in [0.15, 0.2) is 42.5 Å². The first kappa shape index (κ1) is 22.7. The summed E-state index contributed by atoms with van der Waals surface area (Å²) in [5, 5.41) is 3.22. The number of rotatable bonds is 4. The third kappa shape index (κ3) is 4.60. The van der Waals surface area contributed by atoms with E-state index in [1.54, 1.807) is 12.1 Å². The van der Waals surface area contributed by atoms with Gasteiger partial charge in [0.1, 0.15) is 11.9 Å². The lowest BCUT2D eigenvalue weighted by Gasteiger charge is -2.44. The van der Waals surface area contributed by atoms with Gasteiger partial charge in [-0.05, 0) is 97.3 Å². The topological polar surface area (TPSA) is 50.8 Å². The number of carbonyl (C=O) groups excluding carboxylic acids is 1. The third-order valence-electron chi connectivity index (χ3n) is 8.39. The number of aryl methyl sites for hydroxylation is 1. The first-order chi connectivity index (χ1) is 16.8. The molecular formula is C27H29F3N2O3. The average molecular weight is 487 g/mol. The van der Waals surface area contributed by atoms with E-state index in [0.717, 1.165) is 74.8 Å². The van der Waals surface area contributed by atoms with Gasteiger partial charge in [-0.25, -0.2) is 4.79 Å². The Morgan fingerprint density at radius 2 is 1.71 bits per heavy atom. The van der Waals surface area contributed by atoms with Crippen LogP contribution in [0, 0.1) is 11.3 Å². The van der Waals surface area contributed by atoms with E-state index >= 15 is 0 Å². The van der Waals surface area contributed by atoms with Crippen LogP contribution >= 0.6 is 0 Å². The maximum atomic E-state index is 13.0. The van der Waals surface area contributed by atoms with Crippen LogP contribution in [-0.4, -0.2) is 43.1 Å². The van der Waals surface area contributed by atoms with E-state index in [9.17, 15) is 18.0 Å².